The lowest BCUT2D eigenvalue weighted by atomic mass is 9.45. The fraction of sp³-hybridized carbons (Fsp3) is 0.692. The van der Waals surface area contributed by atoms with Crippen LogP contribution in [0.25, 0.3) is 6.08 Å². The fourth-order valence-corrected chi connectivity index (χ4v) is 8.28. The molecular formula is C26H35ClO. The largest absolute Gasteiger partial charge is 0.388 e. The number of benzene rings is 1. The molecule has 1 N–H and O–H groups in total. The van der Waals surface area contributed by atoms with Crippen LogP contribution >= 0.6 is 11.6 Å². The summed E-state index contributed by atoms with van der Waals surface area (Å²) >= 11 is 6.42. The zero-order valence-electron chi connectivity index (χ0n) is 17.5. The second-order valence-electron chi connectivity index (χ2n) is 10.8. The lowest BCUT2D eigenvalue weighted by Gasteiger charge is -2.60. The highest BCUT2D eigenvalue weighted by atomic mass is 35.5. The fourth-order valence-electron chi connectivity index (χ4n) is 8.09. The van der Waals surface area contributed by atoms with Crippen molar-refractivity contribution in [1.82, 2.24) is 0 Å². The highest BCUT2D eigenvalue weighted by molar-refractivity contribution is 6.32. The average molecular weight is 399 g/mol. The number of hydrogen-bond acceptors (Lipinski definition) is 1. The summed E-state index contributed by atoms with van der Waals surface area (Å²) < 4.78 is 0. The number of aliphatic hydroxyl groups is 1. The molecule has 1 nitrogen and oxygen atoms in total. The minimum Gasteiger partial charge on any atom is -0.388 e. The van der Waals surface area contributed by atoms with Gasteiger partial charge in [0.05, 0.1) is 6.10 Å². The highest BCUT2D eigenvalue weighted by Gasteiger charge is 2.60. The molecule has 0 aliphatic heterocycles. The van der Waals surface area contributed by atoms with Crippen LogP contribution in [0.15, 0.2) is 29.8 Å². The summed E-state index contributed by atoms with van der Waals surface area (Å²) in [5, 5.41) is 12.2. The van der Waals surface area contributed by atoms with E-state index in [4.69, 9.17) is 11.6 Å². The molecule has 152 valence electrons. The first kappa shape index (κ1) is 19.2. The minimum absolute atomic E-state index is 0.0477. The van der Waals surface area contributed by atoms with Gasteiger partial charge in [-0.3, -0.25) is 0 Å². The smallest absolute Gasteiger partial charge is 0.0809 e. The predicted molar refractivity (Wildman–Crippen MR) is 117 cm³/mol. The third kappa shape index (κ3) is 2.76. The van der Waals surface area contributed by atoms with Crippen LogP contribution < -0.4 is 0 Å². The monoisotopic (exact) mass is 398 g/mol. The van der Waals surface area contributed by atoms with E-state index >= 15 is 0 Å². The van der Waals surface area contributed by atoms with Crippen molar-refractivity contribution >= 4 is 17.7 Å². The number of halogens is 1. The maximum absolute atomic E-state index is 11.4. The molecule has 4 aliphatic rings. The second-order valence-corrected chi connectivity index (χ2v) is 11.2. The molecule has 0 amide bonds. The van der Waals surface area contributed by atoms with E-state index in [0.717, 1.165) is 34.8 Å². The third-order valence-corrected chi connectivity index (χ3v) is 10.0. The molecular weight excluding hydrogens is 364 g/mol. The quantitative estimate of drug-likeness (QED) is 0.533. The zero-order valence-corrected chi connectivity index (χ0v) is 18.2. The molecule has 1 aromatic rings. The molecule has 0 bridgehead atoms. The van der Waals surface area contributed by atoms with Crippen molar-refractivity contribution in [3.05, 3.63) is 40.4 Å². The van der Waals surface area contributed by atoms with Gasteiger partial charge >= 0.3 is 0 Å². The van der Waals surface area contributed by atoms with Gasteiger partial charge in [-0.15, -0.1) is 0 Å². The molecule has 28 heavy (non-hydrogen) atoms. The molecule has 4 unspecified atom stereocenters. The van der Waals surface area contributed by atoms with Gasteiger partial charge in [-0.05, 0) is 91.2 Å². The number of fused-ring (bicyclic) bond motifs is 5. The molecule has 0 saturated heterocycles. The van der Waals surface area contributed by atoms with Crippen molar-refractivity contribution < 1.29 is 5.11 Å². The second kappa shape index (κ2) is 6.88. The lowest BCUT2D eigenvalue weighted by Crippen LogP contribution is -2.53. The first-order valence-corrected chi connectivity index (χ1v) is 11.9. The Hall–Kier alpha value is -0.790. The van der Waals surface area contributed by atoms with Crippen molar-refractivity contribution in [2.45, 2.75) is 77.7 Å². The van der Waals surface area contributed by atoms with Crippen LogP contribution in [-0.4, -0.2) is 11.2 Å². The van der Waals surface area contributed by atoms with E-state index in [2.05, 4.69) is 26.0 Å². The first-order valence-electron chi connectivity index (χ1n) is 11.6. The van der Waals surface area contributed by atoms with Gasteiger partial charge in [0, 0.05) is 10.4 Å². The SMILES string of the molecule is C[C@@]12CCC3C(CC[C@@H]4CCCC[C@@]34C)C1C/C(=C\c1ccccc1Cl)C2O. The van der Waals surface area contributed by atoms with E-state index in [1.165, 1.54) is 56.9 Å². The summed E-state index contributed by atoms with van der Waals surface area (Å²) in [6.45, 7) is 5.00. The Bertz CT molecular complexity index is 784. The number of hydrogen-bond donors (Lipinski definition) is 1. The Kier molecular flexibility index (Phi) is 4.71. The van der Waals surface area contributed by atoms with Crippen molar-refractivity contribution in [2.75, 3.05) is 0 Å². The van der Waals surface area contributed by atoms with Crippen LogP contribution in [0, 0.1) is 34.5 Å². The molecule has 2 heteroatoms. The van der Waals surface area contributed by atoms with Crippen LogP contribution in [0.2, 0.25) is 5.02 Å². The summed E-state index contributed by atoms with van der Waals surface area (Å²) in [5.41, 5.74) is 2.88. The van der Waals surface area contributed by atoms with Gasteiger partial charge in [-0.25, -0.2) is 0 Å². The van der Waals surface area contributed by atoms with Gasteiger partial charge < -0.3 is 5.11 Å². The van der Waals surface area contributed by atoms with E-state index in [-0.39, 0.29) is 11.5 Å². The van der Waals surface area contributed by atoms with Gasteiger partial charge in [0.2, 0.25) is 0 Å². The van der Waals surface area contributed by atoms with Crippen LogP contribution in [-0.2, 0) is 0 Å². The van der Waals surface area contributed by atoms with Crippen LogP contribution in [0.5, 0.6) is 0 Å². The molecule has 4 fully saturated rings. The van der Waals surface area contributed by atoms with Gasteiger partial charge in [-0.2, -0.15) is 0 Å². The van der Waals surface area contributed by atoms with Crippen molar-refractivity contribution in [3.63, 3.8) is 0 Å². The molecule has 0 aromatic heterocycles. The molecule has 0 spiro atoms. The molecule has 4 aliphatic carbocycles. The van der Waals surface area contributed by atoms with Crippen molar-refractivity contribution in [2.24, 2.45) is 34.5 Å². The van der Waals surface area contributed by atoms with E-state index in [9.17, 15) is 5.11 Å². The zero-order chi connectivity index (χ0) is 19.5. The summed E-state index contributed by atoms with van der Waals surface area (Å²) in [4.78, 5) is 0. The first-order chi connectivity index (χ1) is 13.4. The third-order valence-electron chi connectivity index (χ3n) is 9.70. The highest BCUT2D eigenvalue weighted by Crippen LogP contribution is 2.67. The Morgan fingerprint density at radius 2 is 1.79 bits per heavy atom. The van der Waals surface area contributed by atoms with Crippen LogP contribution in [0.4, 0.5) is 0 Å². The van der Waals surface area contributed by atoms with Gasteiger partial charge in [0.1, 0.15) is 0 Å². The number of aliphatic hydroxyl groups excluding tert-OH is 1. The molecule has 1 aromatic carbocycles. The maximum atomic E-state index is 11.4. The van der Waals surface area contributed by atoms with Gasteiger partial charge in [0.25, 0.3) is 0 Å². The topological polar surface area (TPSA) is 20.2 Å². The molecule has 0 radical (unpaired) electrons. The number of rotatable bonds is 1. The van der Waals surface area contributed by atoms with Crippen LogP contribution in [0.1, 0.15) is 77.2 Å². The van der Waals surface area contributed by atoms with E-state index < -0.39 is 0 Å². The molecule has 7 atom stereocenters. The molecule has 5 rings (SSSR count). The Labute approximate surface area is 175 Å². The summed E-state index contributed by atoms with van der Waals surface area (Å²) in [5.74, 6) is 3.26. The minimum atomic E-state index is -0.313. The van der Waals surface area contributed by atoms with Crippen molar-refractivity contribution in [1.29, 1.82) is 0 Å². The van der Waals surface area contributed by atoms with E-state index in [1.54, 1.807) is 0 Å². The summed E-state index contributed by atoms with van der Waals surface area (Å²) in [6, 6.07) is 8.04. The standard InChI is InChI=1S/C26H35ClO/c1-25-13-6-5-8-19(25)10-11-20-21(25)12-14-26(2)22(20)16-18(24(26)28)15-17-7-3-4-9-23(17)27/h3-4,7,9,15,19-22,24,28H,5-6,8,10-14,16H2,1-2H3/b18-15+/t19-,20?,21?,22?,24?,25+,26+/m0/s1. The van der Waals surface area contributed by atoms with E-state index in [1.807, 2.05) is 18.2 Å². The Balaban J connectivity index is 1.47. The maximum Gasteiger partial charge on any atom is 0.0809 e. The van der Waals surface area contributed by atoms with E-state index in [0.29, 0.717) is 11.3 Å². The molecule has 0 heterocycles. The van der Waals surface area contributed by atoms with Crippen molar-refractivity contribution in [3.8, 4) is 0 Å². The molecule has 4 saturated carbocycles. The lowest BCUT2D eigenvalue weighted by molar-refractivity contribution is -0.119. The van der Waals surface area contributed by atoms with Gasteiger partial charge in [-0.1, -0.05) is 62.6 Å². The normalized spacial score (nSPS) is 46.7. The summed E-state index contributed by atoms with van der Waals surface area (Å²) in [7, 11) is 0. The summed E-state index contributed by atoms with van der Waals surface area (Å²) in [6.07, 6.45) is 14.0. The van der Waals surface area contributed by atoms with Gasteiger partial charge in [0.15, 0.2) is 0 Å². The average Bonchev–Trinajstić information content (AvgIpc) is 2.94. The Morgan fingerprint density at radius 3 is 2.61 bits per heavy atom. The Morgan fingerprint density at radius 1 is 0.964 bits per heavy atom. The van der Waals surface area contributed by atoms with Crippen LogP contribution in [0.3, 0.4) is 0 Å². The predicted octanol–water partition coefficient (Wildman–Crippen LogP) is 7.13.